The Hall–Kier alpha value is -3.54. The molecule has 2 aromatic rings. The van der Waals surface area contributed by atoms with Crippen molar-refractivity contribution in [3.8, 4) is 0 Å². The van der Waals surface area contributed by atoms with E-state index in [1.807, 2.05) is 30.3 Å². The number of ether oxygens (including phenoxy) is 1. The number of benzene rings is 2. The number of fused-ring (bicyclic) bond motifs is 1. The minimum Gasteiger partial charge on any atom is -0.478 e. The van der Waals surface area contributed by atoms with Crippen molar-refractivity contribution in [1.82, 2.24) is 9.21 Å². The van der Waals surface area contributed by atoms with Gasteiger partial charge in [-0.05, 0) is 23.6 Å². The number of rotatable bonds is 7. The second-order valence-electron chi connectivity index (χ2n) is 8.19. The zero-order valence-electron chi connectivity index (χ0n) is 19.5. The van der Waals surface area contributed by atoms with E-state index in [0.717, 1.165) is 23.0 Å². The molecule has 2 N–H and O–H groups in total. The molecule has 0 aromatic heterocycles. The second kappa shape index (κ2) is 12.4. The van der Waals surface area contributed by atoms with E-state index >= 15 is 0 Å². The standard InChI is InChI=1S/C21H24N2O4S.C4H4O4/c24-21-19-9-5-4-8-18(19)16-28(25,26)23(21)20(17-6-2-1-3-7-17)10-11-22-12-14-27-15-13-22;5-3(6)1-2-4(7)8/h1-9,20H,10-16H2;1-2H,(H,5,6)(H,7,8)/b;2-1+. The van der Waals surface area contributed by atoms with Gasteiger partial charge in [0.25, 0.3) is 5.91 Å². The zero-order chi connectivity index (χ0) is 26.1. The van der Waals surface area contributed by atoms with Crippen molar-refractivity contribution in [1.29, 1.82) is 0 Å². The van der Waals surface area contributed by atoms with Crippen molar-refractivity contribution in [3.05, 3.63) is 83.4 Å². The smallest absolute Gasteiger partial charge is 0.328 e. The van der Waals surface area contributed by atoms with Gasteiger partial charge >= 0.3 is 11.9 Å². The van der Waals surface area contributed by atoms with E-state index in [9.17, 15) is 22.8 Å². The van der Waals surface area contributed by atoms with Crippen molar-refractivity contribution < 1.29 is 37.8 Å². The fraction of sp³-hybridized carbons (Fsp3) is 0.320. The minimum atomic E-state index is -3.75. The summed E-state index contributed by atoms with van der Waals surface area (Å²) in [6, 6.07) is 15.9. The van der Waals surface area contributed by atoms with Crippen LogP contribution < -0.4 is 0 Å². The molecule has 1 saturated heterocycles. The first kappa shape index (κ1) is 27.1. The van der Waals surface area contributed by atoms with Crippen LogP contribution in [0.3, 0.4) is 0 Å². The number of sulfonamides is 1. The fourth-order valence-corrected chi connectivity index (χ4v) is 5.82. The van der Waals surface area contributed by atoms with Crippen LogP contribution in [0.4, 0.5) is 0 Å². The summed E-state index contributed by atoms with van der Waals surface area (Å²) < 4.78 is 32.7. The molecule has 192 valence electrons. The molecule has 0 spiro atoms. The van der Waals surface area contributed by atoms with E-state index in [1.54, 1.807) is 24.3 Å². The normalized spacial score (nSPS) is 18.1. The molecule has 2 aliphatic heterocycles. The SMILES string of the molecule is O=C(O)/C=C/C(=O)O.O=C1c2ccccc2CS(=O)(=O)N1C(CCN1CCOCC1)c1ccccc1. The van der Waals surface area contributed by atoms with Gasteiger partial charge in [-0.1, -0.05) is 48.5 Å². The van der Waals surface area contributed by atoms with Crippen LogP contribution in [0.2, 0.25) is 0 Å². The zero-order valence-corrected chi connectivity index (χ0v) is 20.3. The van der Waals surface area contributed by atoms with Crippen molar-refractivity contribution in [3.63, 3.8) is 0 Å². The molecule has 0 aliphatic carbocycles. The van der Waals surface area contributed by atoms with Gasteiger partial charge < -0.3 is 14.9 Å². The molecule has 2 aliphatic rings. The lowest BCUT2D eigenvalue weighted by atomic mass is 10.0. The van der Waals surface area contributed by atoms with Gasteiger partial charge in [0.15, 0.2) is 0 Å². The average molecular weight is 517 g/mol. The Kier molecular flexibility index (Phi) is 9.34. The second-order valence-corrected chi connectivity index (χ2v) is 10.0. The number of aliphatic carboxylic acids is 2. The third-order valence-corrected chi connectivity index (χ3v) is 7.44. The van der Waals surface area contributed by atoms with Gasteiger partial charge in [0.1, 0.15) is 0 Å². The summed E-state index contributed by atoms with van der Waals surface area (Å²) in [5, 5.41) is 15.6. The number of hydrogen-bond acceptors (Lipinski definition) is 7. The maximum absolute atomic E-state index is 13.2. The van der Waals surface area contributed by atoms with Gasteiger partial charge in [-0.2, -0.15) is 0 Å². The first-order valence-electron chi connectivity index (χ1n) is 11.3. The molecule has 1 unspecified atom stereocenters. The van der Waals surface area contributed by atoms with Crippen LogP contribution in [0, 0.1) is 0 Å². The van der Waals surface area contributed by atoms with E-state index in [2.05, 4.69) is 4.90 Å². The Morgan fingerprint density at radius 2 is 1.53 bits per heavy atom. The van der Waals surface area contributed by atoms with Crippen LogP contribution in [0.1, 0.15) is 33.9 Å². The lowest BCUT2D eigenvalue weighted by Gasteiger charge is -2.36. The largest absolute Gasteiger partial charge is 0.478 e. The summed E-state index contributed by atoms with van der Waals surface area (Å²) in [6.07, 6.45) is 1.67. The molecule has 0 bridgehead atoms. The summed E-state index contributed by atoms with van der Waals surface area (Å²) in [7, 11) is -3.75. The summed E-state index contributed by atoms with van der Waals surface area (Å²) in [5.74, 6) is -3.09. The Morgan fingerprint density at radius 3 is 2.14 bits per heavy atom. The fourth-order valence-electron chi connectivity index (χ4n) is 4.07. The third-order valence-electron chi connectivity index (χ3n) is 5.74. The van der Waals surface area contributed by atoms with Gasteiger partial charge in [-0.15, -0.1) is 0 Å². The van der Waals surface area contributed by atoms with Gasteiger partial charge in [0.2, 0.25) is 10.0 Å². The molecule has 11 heteroatoms. The number of amides is 1. The summed E-state index contributed by atoms with van der Waals surface area (Å²) >= 11 is 0. The monoisotopic (exact) mass is 516 g/mol. The number of carboxylic acids is 2. The minimum absolute atomic E-state index is 0.143. The molecule has 1 fully saturated rings. The van der Waals surface area contributed by atoms with Crippen LogP contribution in [0.25, 0.3) is 0 Å². The summed E-state index contributed by atoms with van der Waals surface area (Å²) in [6.45, 7) is 3.73. The molecule has 4 rings (SSSR count). The Labute approximate surface area is 209 Å². The summed E-state index contributed by atoms with van der Waals surface area (Å²) in [5.41, 5.74) is 1.89. The first-order chi connectivity index (χ1) is 17.2. The number of carbonyl (C=O) groups is 3. The lowest BCUT2D eigenvalue weighted by Crippen LogP contribution is -2.45. The van der Waals surface area contributed by atoms with E-state index in [1.165, 1.54) is 0 Å². The van der Waals surface area contributed by atoms with Crippen molar-refractivity contribution in [2.24, 2.45) is 0 Å². The molecule has 1 atom stereocenters. The van der Waals surface area contributed by atoms with Crippen LogP contribution in [0.5, 0.6) is 0 Å². The average Bonchev–Trinajstić information content (AvgIpc) is 2.86. The van der Waals surface area contributed by atoms with E-state index < -0.39 is 33.9 Å². The van der Waals surface area contributed by atoms with Gasteiger partial charge in [-0.3, -0.25) is 9.69 Å². The molecule has 10 nitrogen and oxygen atoms in total. The van der Waals surface area contributed by atoms with E-state index in [4.69, 9.17) is 14.9 Å². The topological polar surface area (TPSA) is 142 Å². The molecule has 2 aromatic carbocycles. The summed E-state index contributed by atoms with van der Waals surface area (Å²) in [4.78, 5) is 34.6. The molecule has 0 saturated carbocycles. The van der Waals surface area contributed by atoms with Crippen LogP contribution >= 0.6 is 0 Å². The number of morpholine rings is 1. The predicted molar refractivity (Wildman–Crippen MR) is 131 cm³/mol. The molecule has 1 amide bonds. The van der Waals surface area contributed by atoms with E-state index in [0.29, 0.717) is 49.5 Å². The molecular formula is C25H28N2O8S. The predicted octanol–water partition coefficient (Wildman–Crippen LogP) is 2.15. The van der Waals surface area contributed by atoms with Crippen LogP contribution in [-0.4, -0.2) is 78.5 Å². The number of hydrogen-bond donors (Lipinski definition) is 2. The van der Waals surface area contributed by atoms with Gasteiger partial charge in [0.05, 0.1) is 25.0 Å². The Balaban J connectivity index is 0.000000392. The van der Waals surface area contributed by atoms with E-state index in [-0.39, 0.29) is 5.75 Å². The highest BCUT2D eigenvalue weighted by molar-refractivity contribution is 7.89. The maximum Gasteiger partial charge on any atom is 0.328 e. The number of carbonyl (C=O) groups excluding carboxylic acids is 1. The molecule has 0 radical (unpaired) electrons. The molecule has 2 heterocycles. The van der Waals surface area contributed by atoms with Crippen molar-refractivity contribution in [2.45, 2.75) is 18.2 Å². The quantitative estimate of drug-likeness (QED) is 0.529. The molecule has 36 heavy (non-hydrogen) atoms. The van der Waals surface area contributed by atoms with Crippen molar-refractivity contribution in [2.75, 3.05) is 32.8 Å². The van der Waals surface area contributed by atoms with Crippen molar-refractivity contribution >= 4 is 27.9 Å². The highest BCUT2D eigenvalue weighted by Gasteiger charge is 2.40. The third kappa shape index (κ3) is 7.23. The number of carboxylic acid groups (broad SMARTS) is 2. The highest BCUT2D eigenvalue weighted by atomic mass is 32.2. The van der Waals surface area contributed by atoms with Gasteiger partial charge in [-0.25, -0.2) is 22.3 Å². The number of nitrogens with zero attached hydrogens (tertiary/aromatic N) is 2. The van der Waals surface area contributed by atoms with Crippen LogP contribution in [-0.2, 0) is 30.1 Å². The van der Waals surface area contributed by atoms with Crippen LogP contribution in [0.15, 0.2) is 66.7 Å². The Morgan fingerprint density at radius 1 is 0.944 bits per heavy atom. The first-order valence-corrected chi connectivity index (χ1v) is 12.9. The van der Waals surface area contributed by atoms with Gasteiger partial charge in [0, 0.05) is 37.3 Å². The lowest BCUT2D eigenvalue weighted by molar-refractivity contribution is -0.134. The maximum atomic E-state index is 13.2. The molecular weight excluding hydrogens is 488 g/mol. The Bertz CT molecular complexity index is 1190. The highest BCUT2D eigenvalue weighted by Crippen LogP contribution is 2.34.